The number of likely N-dealkylation sites (N-methyl/N-ethyl adjacent to an activating group) is 1. The molecule has 0 radical (unpaired) electrons. The van der Waals surface area contributed by atoms with E-state index in [0.717, 1.165) is 21.6 Å². The summed E-state index contributed by atoms with van der Waals surface area (Å²) >= 11 is 11.6. The molecule has 1 heterocycles. The molecule has 2 rings (SSSR count). The molecular formula is C15H18BrClN2S. The van der Waals surface area contributed by atoms with E-state index in [1.54, 1.807) is 11.3 Å². The van der Waals surface area contributed by atoms with Crippen LogP contribution in [0, 0.1) is 6.92 Å². The highest BCUT2D eigenvalue weighted by atomic mass is 79.9. The summed E-state index contributed by atoms with van der Waals surface area (Å²) in [6.07, 6.45) is 0. The first-order chi connectivity index (χ1) is 9.52. The molecule has 1 aromatic heterocycles. The van der Waals surface area contributed by atoms with E-state index in [4.69, 9.17) is 17.3 Å². The van der Waals surface area contributed by atoms with Crippen LogP contribution in [0.25, 0.3) is 0 Å². The van der Waals surface area contributed by atoms with Crippen molar-refractivity contribution in [2.75, 3.05) is 13.6 Å². The molecule has 0 fully saturated rings. The molecule has 0 aliphatic heterocycles. The molecule has 2 nitrogen and oxygen atoms in total. The first kappa shape index (κ1) is 16.0. The Labute approximate surface area is 137 Å². The summed E-state index contributed by atoms with van der Waals surface area (Å²) in [7, 11) is 2.09. The summed E-state index contributed by atoms with van der Waals surface area (Å²) in [5.74, 6) is 0. The Bertz CT molecular complexity index is 566. The molecule has 0 spiro atoms. The van der Waals surface area contributed by atoms with Gasteiger partial charge >= 0.3 is 0 Å². The van der Waals surface area contributed by atoms with Crippen molar-refractivity contribution in [3.63, 3.8) is 0 Å². The van der Waals surface area contributed by atoms with E-state index in [2.05, 4.69) is 46.9 Å². The fourth-order valence-corrected chi connectivity index (χ4v) is 4.10. The molecule has 1 atom stereocenters. The fraction of sp³-hybridized carbons (Fsp3) is 0.333. The lowest BCUT2D eigenvalue weighted by molar-refractivity contribution is 0.245. The minimum atomic E-state index is 0.210. The second-order valence-electron chi connectivity index (χ2n) is 4.81. The Hall–Kier alpha value is -0.390. The number of hydrogen-bond donors (Lipinski definition) is 1. The molecule has 0 aliphatic carbocycles. The third-order valence-electron chi connectivity index (χ3n) is 3.34. The predicted octanol–water partition coefficient (Wildman–Crippen LogP) is 4.60. The lowest BCUT2D eigenvalue weighted by Crippen LogP contribution is -2.29. The van der Waals surface area contributed by atoms with Crippen molar-refractivity contribution in [2.24, 2.45) is 5.73 Å². The number of aryl methyl sites for hydroxylation is 1. The van der Waals surface area contributed by atoms with Crippen molar-refractivity contribution >= 4 is 38.9 Å². The van der Waals surface area contributed by atoms with Crippen LogP contribution in [-0.4, -0.2) is 18.5 Å². The average molecular weight is 374 g/mol. The Morgan fingerprint density at radius 1 is 1.40 bits per heavy atom. The van der Waals surface area contributed by atoms with Gasteiger partial charge in [0.05, 0.1) is 6.04 Å². The summed E-state index contributed by atoms with van der Waals surface area (Å²) in [4.78, 5) is 4.81. The van der Waals surface area contributed by atoms with Gasteiger partial charge in [0.15, 0.2) is 0 Å². The van der Waals surface area contributed by atoms with Gasteiger partial charge in [-0.25, -0.2) is 0 Å². The fourth-order valence-electron chi connectivity index (χ4n) is 2.16. The summed E-state index contributed by atoms with van der Waals surface area (Å²) in [6, 6.07) is 10.3. The lowest BCUT2D eigenvalue weighted by Gasteiger charge is -2.26. The van der Waals surface area contributed by atoms with Crippen LogP contribution in [0.2, 0.25) is 5.02 Å². The van der Waals surface area contributed by atoms with Crippen molar-refractivity contribution in [3.05, 3.63) is 55.1 Å². The van der Waals surface area contributed by atoms with Crippen molar-refractivity contribution < 1.29 is 0 Å². The molecule has 1 unspecified atom stereocenters. The highest BCUT2D eigenvalue weighted by Gasteiger charge is 2.19. The highest BCUT2D eigenvalue weighted by Crippen LogP contribution is 2.33. The van der Waals surface area contributed by atoms with Gasteiger partial charge in [0.25, 0.3) is 0 Å². The standard InChI is InChI=1S/C15H18BrClN2S/c1-10-12(16)7-15(20-10)14(8-18)19(2)9-11-5-3-4-6-13(11)17/h3-7,14H,8-9,18H2,1-2H3. The number of thiophene rings is 1. The van der Waals surface area contributed by atoms with Gasteiger partial charge < -0.3 is 5.73 Å². The van der Waals surface area contributed by atoms with Crippen LogP contribution in [0.4, 0.5) is 0 Å². The monoisotopic (exact) mass is 372 g/mol. The maximum absolute atomic E-state index is 6.23. The van der Waals surface area contributed by atoms with Crippen LogP contribution in [0.1, 0.15) is 21.4 Å². The third-order valence-corrected chi connectivity index (χ3v) is 5.94. The quantitative estimate of drug-likeness (QED) is 0.829. The molecule has 0 saturated carbocycles. The number of hydrogen-bond acceptors (Lipinski definition) is 3. The van der Waals surface area contributed by atoms with E-state index in [1.165, 1.54) is 9.75 Å². The second-order valence-corrected chi connectivity index (χ2v) is 7.36. The van der Waals surface area contributed by atoms with Gasteiger partial charge in [0.2, 0.25) is 0 Å². The first-order valence-corrected chi connectivity index (χ1v) is 8.41. The zero-order valence-electron chi connectivity index (χ0n) is 11.6. The molecule has 0 amide bonds. The van der Waals surface area contributed by atoms with Gasteiger partial charge in [-0.15, -0.1) is 11.3 Å². The molecule has 2 N–H and O–H groups in total. The Balaban J connectivity index is 2.17. The topological polar surface area (TPSA) is 29.3 Å². The van der Waals surface area contributed by atoms with Crippen LogP contribution in [0.3, 0.4) is 0 Å². The van der Waals surface area contributed by atoms with Gasteiger partial charge in [-0.2, -0.15) is 0 Å². The maximum Gasteiger partial charge on any atom is 0.0565 e. The smallest absolute Gasteiger partial charge is 0.0565 e. The van der Waals surface area contributed by atoms with E-state index in [1.807, 2.05) is 18.2 Å². The lowest BCUT2D eigenvalue weighted by atomic mass is 10.1. The molecule has 20 heavy (non-hydrogen) atoms. The van der Waals surface area contributed by atoms with Crippen molar-refractivity contribution in [2.45, 2.75) is 19.5 Å². The molecule has 5 heteroatoms. The minimum absolute atomic E-state index is 0.210. The number of nitrogens with two attached hydrogens (primary N) is 1. The van der Waals surface area contributed by atoms with Crippen molar-refractivity contribution in [3.8, 4) is 0 Å². The zero-order valence-corrected chi connectivity index (χ0v) is 14.7. The normalized spacial score (nSPS) is 12.9. The van der Waals surface area contributed by atoms with Crippen molar-refractivity contribution in [1.82, 2.24) is 4.90 Å². The van der Waals surface area contributed by atoms with Crippen molar-refractivity contribution in [1.29, 1.82) is 0 Å². The van der Waals surface area contributed by atoms with Crippen LogP contribution in [0.15, 0.2) is 34.8 Å². The predicted molar refractivity (Wildman–Crippen MR) is 91.5 cm³/mol. The SMILES string of the molecule is Cc1sc(C(CN)N(C)Cc2ccccc2Cl)cc1Br. The van der Waals surface area contributed by atoms with Gasteiger partial charge in [-0.3, -0.25) is 4.90 Å². The van der Waals surface area contributed by atoms with E-state index >= 15 is 0 Å². The number of halogens is 2. The van der Waals surface area contributed by atoms with E-state index in [0.29, 0.717) is 6.54 Å². The van der Waals surface area contributed by atoms with Crippen LogP contribution >= 0.6 is 38.9 Å². The Morgan fingerprint density at radius 3 is 2.65 bits per heavy atom. The largest absolute Gasteiger partial charge is 0.329 e. The first-order valence-electron chi connectivity index (χ1n) is 6.42. The molecule has 0 bridgehead atoms. The Morgan fingerprint density at radius 2 is 2.10 bits per heavy atom. The minimum Gasteiger partial charge on any atom is -0.329 e. The van der Waals surface area contributed by atoms with Crippen LogP contribution < -0.4 is 5.73 Å². The number of nitrogens with zero attached hydrogens (tertiary/aromatic N) is 1. The molecule has 1 aromatic carbocycles. The molecule has 2 aromatic rings. The van der Waals surface area contributed by atoms with Gasteiger partial charge in [-0.1, -0.05) is 29.8 Å². The van der Waals surface area contributed by atoms with Gasteiger partial charge in [0.1, 0.15) is 0 Å². The molecule has 0 saturated heterocycles. The number of rotatable bonds is 5. The molecule has 0 aliphatic rings. The van der Waals surface area contributed by atoms with Crippen LogP contribution in [0.5, 0.6) is 0 Å². The number of benzene rings is 1. The summed E-state index contributed by atoms with van der Waals surface area (Å²) in [5, 5.41) is 0.804. The Kier molecular flexibility index (Phi) is 5.64. The van der Waals surface area contributed by atoms with E-state index < -0.39 is 0 Å². The summed E-state index contributed by atoms with van der Waals surface area (Å²) < 4.78 is 1.15. The maximum atomic E-state index is 6.23. The van der Waals surface area contributed by atoms with E-state index in [9.17, 15) is 0 Å². The molecule has 108 valence electrons. The molecular weight excluding hydrogens is 356 g/mol. The average Bonchev–Trinajstić information content (AvgIpc) is 2.73. The highest BCUT2D eigenvalue weighted by molar-refractivity contribution is 9.10. The van der Waals surface area contributed by atoms with Crippen LogP contribution in [-0.2, 0) is 6.54 Å². The van der Waals surface area contributed by atoms with E-state index in [-0.39, 0.29) is 6.04 Å². The van der Waals surface area contributed by atoms with Gasteiger partial charge in [-0.05, 0) is 47.6 Å². The summed E-state index contributed by atoms with van der Waals surface area (Å²) in [5.41, 5.74) is 7.10. The zero-order chi connectivity index (χ0) is 14.7. The summed E-state index contributed by atoms with van der Waals surface area (Å²) in [6.45, 7) is 3.49. The second kappa shape index (κ2) is 7.05. The third kappa shape index (κ3) is 3.62. The van der Waals surface area contributed by atoms with Gasteiger partial charge in [0, 0.05) is 32.3 Å².